The third-order valence-electron chi connectivity index (χ3n) is 5.18. The molecular weight excluding hydrogens is 380 g/mol. The smallest absolute Gasteiger partial charge is 0.338 e. The molecule has 0 radical (unpaired) electrons. The highest BCUT2D eigenvalue weighted by molar-refractivity contribution is 7.89. The fourth-order valence-electron chi connectivity index (χ4n) is 3.35. The van der Waals surface area contributed by atoms with Crippen LogP contribution in [0.15, 0.2) is 27.5 Å². The summed E-state index contributed by atoms with van der Waals surface area (Å²) in [5, 5.41) is 0. The molecule has 0 N–H and O–H groups in total. The number of ether oxygens (including phenoxy) is 1. The molecule has 1 saturated heterocycles. The lowest BCUT2D eigenvalue weighted by atomic mass is 10.1. The summed E-state index contributed by atoms with van der Waals surface area (Å²) in [6, 6.07) is 4.54. The molecule has 1 aliphatic heterocycles. The zero-order chi connectivity index (χ0) is 20.5. The Morgan fingerprint density at radius 2 is 2.04 bits per heavy atom. The van der Waals surface area contributed by atoms with Gasteiger partial charge in [-0.15, -0.1) is 0 Å². The molecule has 0 amide bonds. The number of rotatable bonds is 5. The molecule has 1 atom stereocenters. The summed E-state index contributed by atoms with van der Waals surface area (Å²) in [5.41, 5.74) is 1.62. The average Bonchev–Trinajstić information content (AvgIpc) is 2.98. The number of aryl methyl sites for hydroxylation is 3. The average molecular weight is 407 g/mol. The molecule has 28 heavy (non-hydrogen) atoms. The van der Waals surface area contributed by atoms with Gasteiger partial charge in [0.2, 0.25) is 15.9 Å². The second-order valence-corrected chi connectivity index (χ2v) is 9.15. The Kier molecular flexibility index (Phi) is 5.90. The van der Waals surface area contributed by atoms with Crippen molar-refractivity contribution in [3.63, 3.8) is 0 Å². The van der Waals surface area contributed by atoms with Crippen molar-refractivity contribution in [2.24, 2.45) is 0 Å². The Morgan fingerprint density at radius 3 is 2.68 bits per heavy atom. The molecule has 8 heteroatoms. The molecule has 1 unspecified atom stereocenters. The van der Waals surface area contributed by atoms with Crippen molar-refractivity contribution in [1.29, 1.82) is 0 Å². The number of hydrogen-bond acceptors (Lipinski definition) is 6. The number of oxazole rings is 1. The van der Waals surface area contributed by atoms with E-state index in [1.54, 1.807) is 26.0 Å². The number of hydrogen-bond donors (Lipinski definition) is 0. The number of piperidine rings is 1. The van der Waals surface area contributed by atoms with Crippen LogP contribution in [0.2, 0.25) is 0 Å². The van der Waals surface area contributed by atoms with Crippen LogP contribution in [0.4, 0.5) is 0 Å². The van der Waals surface area contributed by atoms with Crippen LogP contribution in [0.5, 0.6) is 0 Å². The number of carbonyl (C=O) groups is 1. The first-order chi connectivity index (χ1) is 13.2. The fourth-order valence-corrected chi connectivity index (χ4v) is 5.08. The van der Waals surface area contributed by atoms with E-state index in [1.165, 1.54) is 10.4 Å². The minimum absolute atomic E-state index is 0.0491. The van der Waals surface area contributed by atoms with E-state index in [-0.39, 0.29) is 23.1 Å². The number of esters is 1. The Labute approximate surface area is 165 Å². The van der Waals surface area contributed by atoms with E-state index >= 15 is 0 Å². The molecule has 0 bridgehead atoms. The van der Waals surface area contributed by atoms with Gasteiger partial charge in [-0.2, -0.15) is 4.31 Å². The molecule has 1 aromatic heterocycles. The molecule has 2 aromatic rings. The quantitative estimate of drug-likeness (QED) is 0.706. The Bertz CT molecular complexity index is 961. The summed E-state index contributed by atoms with van der Waals surface area (Å²) in [6.07, 6.45) is 2.71. The normalized spacial score (nSPS) is 18.2. The van der Waals surface area contributed by atoms with Crippen LogP contribution in [0.3, 0.4) is 0 Å². The second-order valence-electron chi connectivity index (χ2n) is 7.26. The summed E-state index contributed by atoms with van der Waals surface area (Å²) in [7, 11) is -3.66. The van der Waals surface area contributed by atoms with Crippen LogP contribution in [-0.2, 0) is 21.4 Å². The van der Waals surface area contributed by atoms with Crippen molar-refractivity contribution in [3.8, 4) is 0 Å². The maximum absolute atomic E-state index is 13.1. The van der Waals surface area contributed by atoms with Crippen LogP contribution in [-0.4, -0.2) is 36.3 Å². The zero-order valence-corrected chi connectivity index (χ0v) is 17.5. The van der Waals surface area contributed by atoms with Crippen molar-refractivity contribution < 1.29 is 22.4 Å². The van der Waals surface area contributed by atoms with Crippen molar-refractivity contribution in [3.05, 3.63) is 46.7 Å². The Hall–Kier alpha value is -2.19. The van der Waals surface area contributed by atoms with Crippen LogP contribution >= 0.6 is 0 Å². The summed E-state index contributed by atoms with van der Waals surface area (Å²) < 4.78 is 38.3. The van der Waals surface area contributed by atoms with Crippen molar-refractivity contribution in [2.45, 2.75) is 64.5 Å². The van der Waals surface area contributed by atoms with E-state index in [0.29, 0.717) is 23.8 Å². The van der Waals surface area contributed by atoms with Crippen LogP contribution in [0, 0.1) is 20.8 Å². The topological polar surface area (TPSA) is 89.7 Å². The second kappa shape index (κ2) is 8.05. The minimum Gasteiger partial charge on any atom is -0.452 e. The maximum Gasteiger partial charge on any atom is 0.338 e. The SMILES string of the molecule is Cc1ccc(S(=O)(=O)N2CCCCC2C)cc1C(=O)OCc1nc(C)c(C)o1. The fraction of sp³-hybridized carbons (Fsp3) is 0.500. The molecule has 7 nitrogen and oxygen atoms in total. The number of benzene rings is 1. The Morgan fingerprint density at radius 1 is 1.29 bits per heavy atom. The third kappa shape index (κ3) is 4.12. The first-order valence-corrected chi connectivity index (χ1v) is 10.9. The predicted molar refractivity (Wildman–Crippen MR) is 103 cm³/mol. The van der Waals surface area contributed by atoms with Gasteiger partial charge in [0.1, 0.15) is 5.76 Å². The molecular formula is C20H26N2O5S. The molecule has 3 rings (SSSR count). The van der Waals surface area contributed by atoms with Gasteiger partial charge < -0.3 is 9.15 Å². The van der Waals surface area contributed by atoms with Crippen molar-refractivity contribution >= 4 is 16.0 Å². The van der Waals surface area contributed by atoms with Crippen LogP contribution < -0.4 is 0 Å². The van der Waals surface area contributed by atoms with Crippen molar-refractivity contribution in [2.75, 3.05) is 6.54 Å². The highest BCUT2D eigenvalue weighted by atomic mass is 32.2. The van der Waals surface area contributed by atoms with E-state index in [9.17, 15) is 13.2 Å². The van der Waals surface area contributed by atoms with Gasteiger partial charge in [-0.1, -0.05) is 12.5 Å². The van der Waals surface area contributed by atoms with Crippen LogP contribution in [0.1, 0.15) is 59.5 Å². The maximum atomic E-state index is 13.1. The van der Waals surface area contributed by atoms with Gasteiger partial charge in [0.25, 0.3) is 0 Å². The number of aromatic nitrogens is 1. The monoisotopic (exact) mass is 406 g/mol. The molecule has 2 heterocycles. The highest BCUT2D eigenvalue weighted by Crippen LogP contribution is 2.26. The van der Waals surface area contributed by atoms with Gasteiger partial charge in [0.05, 0.1) is 16.2 Å². The molecule has 152 valence electrons. The zero-order valence-electron chi connectivity index (χ0n) is 16.7. The number of sulfonamides is 1. The Balaban J connectivity index is 1.81. The van der Waals surface area contributed by atoms with Gasteiger partial charge in [0.15, 0.2) is 6.61 Å². The summed E-state index contributed by atoms with van der Waals surface area (Å²) >= 11 is 0. The summed E-state index contributed by atoms with van der Waals surface area (Å²) in [6.45, 7) is 7.65. The molecule has 1 aliphatic rings. The van der Waals surface area contributed by atoms with Gasteiger partial charge in [-0.05, 0) is 58.2 Å². The highest BCUT2D eigenvalue weighted by Gasteiger charge is 2.31. The predicted octanol–water partition coefficient (Wildman–Crippen LogP) is 3.52. The molecule has 0 spiro atoms. The lowest BCUT2D eigenvalue weighted by molar-refractivity contribution is 0.0435. The minimum atomic E-state index is -3.66. The lowest BCUT2D eigenvalue weighted by Gasteiger charge is -2.32. The molecule has 1 fully saturated rings. The number of carbonyl (C=O) groups excluding carboxylic acids is 1. The van der Waals surface area contributed by atoms with E-state index in [4.69, 9.17) is 9.15 Å². The van der Waals surface area contributed by atoms with E-state index < -0.39 is 16.0 Å². The van der Waals surface area contributed by atoms with Crippen molar-refractivity contribution in [1.82, 2.24) is 9.29 Å². The van der Waals surface area contributed by atoms with E-state index in [0.717, 1.165) is 25.0 Å². The summed E-state index contributed by atoms with van der Waals surface area (Å²) in [4.78, 5) is 16.8. The first kappa shape index (κ1) is 20.5. The lowest BCUT2D eigenvalue weighted by Crippen LogP contribution is -2.41. The van der Waals surface area contributed by atoms with E-state index in [1.807, 2.05) is 13.8 Å². The molecule has 0 aliphatic carbocycles. The van der Waals surface area contributed by atoms with Gasteiger partial charge in [-0.25, -0.2) is 18.2 Å². The van der Waals surface area contributed by atoms with Gasteiger partial charge in [0, 0.05) is 12.6 Å². The molecule has 0 saturated carbocycles. The first-order valence-electron chi connectivity index (χ1n) is 9.42. The molecule has 1 aromatic carbocycles. The van der Waals surface area contributed by atoms with E-state index in [2.05, 4.69) is 4.98 Å². The third-order valence-corrected chi connectivity index (χ3v) is 7.19. The van der Waals surface area contributed by atoms with Gasteiger partial charge >= 0.3 is 5.97 Å². The van der Waals surface area contributed by atoms with Crippen LogP contribution in [0.25, 0.3) is 0 Å². The number of nitrogens with zero attached hydrogens (tertiary/aromatic N) is 2. The van der Waals surface area contributed by atoms with Gasteiger partial charge in [-0.3, -0.25) is 0 Å². The largest absolute Gasteiger partial charge is 0.452 e. The summed E-state index contributed by atoms with van der Waals surface area (Å²) in [5.74, 6) is 0.382. The standard InChI is InChI=1S/C20H26N2O5S/c1-13-8-9-17(28(24,25)22-10-6-5-7-14(22)2)11-18(13)20(23)26-12-19-21-15(3)16(4)27-19/h8-9,11,14H,5-7,10,12H2,1-4H3.